The highest BCUT2D eigenvalue weighted by Gasteiger charge is 2.11. The second-order valence-corrected chi connectivity index (χ2v) is 3.46. The van der Waals surface area contributed by atoms with Crippen LogP contribution in [0.5, 0.6) is 0 Å². The van der Waals surface area contributed by atoms with Crippen molar-refractivity contribution in [3.05, 3.63) is 12.7 Å². The molecule has 0 amide bonds. The van der Waals surface area contributed by atoms with E-state index in [1.807, 2.05) is 6.92 Å². The van der Waals surface area contributed by atoms with E-state index in [-0.39, 0.29) is 6.61 Å². The highest BCUT2D eigenvalue weighted by atomic mass is 31.2. The van der Waals surface area contributed by atoms with Crippen molar-refractivity contribution in [2.75, 3.05) is 6.61 Å². The molecule has 0 heterocycles. The van der Waals surface area contributed by atoms with Crippen molar-refractivity contribution in [2.24, 2.45) is 0 Å². The van der Waals surface area contributed by atoms with Gasteiger partial charge in [0.15, 0.2) is 0 Å². The maximum absolute atomic E-state index is 9.98. The SMILES string of the molecule is C=CC(=O)O.CCCCOP(=O)(O)O. The molecule has 7 heteroatoms. The van der Waals surface area contributed by atoms with Crippen molar-refractivity contribution in [1.29, 1.82) is 0 Å². The van der Waals surface area contributed by atoms with Crippen molar-refractivity contribution < 1.29 is 28.8 Å². The Kier molecular flexibility index (Phi) is 10.0. The zero-order valence-electron chi connectivity index (χ0n) is 7.92. The van der Waals surface area contributed by atoms with Gasteiger partial charge in [-0.05, 0) is 6.42 Å². The minimum absolute atomic E-state index is 0.140. The maximum Gasteiger partial charge on any atom is 0.469 e. The Labute approximate surface area is 82.5 Å². The number of aliphatic carboxylic acids is 1. The molecule has 0 unspecified atom stereocenters. The second-order valence-electron chi connectivity index (χ2n) is 2.22. The Morgan fingerprint density at radius 2 is 2.00 bits per heavy atom. The predicted molar refractivity (Wildman–Crippen MR) is 50.7 cm³/mol. The molecular weight excluding hydrogens is 211 g/mol. The first-order valence-electron chi connectivity index (χ1n) is 3.89. The Morgan fingerprint density at radius 3 is 2.21 bits per heavy atom. The summed E-state index contributed by atoms with van der Waals surface area (Å²) in [6.07, 6.45) is 2.39. The van der Waals surface area contributed by atoms with Gasteiger partial charge in [0.2, 0.25) is 0 Å². The van der Waals surface area contributed by atoms with Crippen LogP contribution in [0.4, 0.5) is 0 Å². The van der Waals surface area contributed by atoms with Crippen LogP contribution in [0.25, 0.3) is 0 Å². The molecular formula is C7H15O6P. The lowest BCUT2D eigenvalue weighted by atomic mass is 10.4. The van der Waals surface area contributed by atoms with Gasteiger partial charge in [-0.1, -0.05) is 19.9 Å². The smallest absolute Gasteiger partial charge is 0.469 e. The average molecular weight is 226 g/mol. The molecule has 0 fully saturated rings. The summed E-state index contributed by atoms with van der Waals surface area (Å²) >= 11 is 0. The molecule has 6 nitrogen and oxygen atoms in total. The van der Waals surface area contributed by atoms with Crippen molar-refractivity contribution in [1.82, 2.24) is 0 Å². The fourth-order valence-electron chi connectivity index (χ4n) is 0.328. The molecule has 84 valence electrons. The summed E-state index contributed by atoms with van der Waals surface area (Å²) in [5, 5.41) is 7.60. The molecule has 0 aromatic carbocycles. The summed E-state index contributed by atoms with van der Waals surface area (Å²) in [5.41, 5.74) is 0. The number of carboxylic acid groups (broad SMARTS) is 1. The van der Waals surface area contributed by atoms with Gasteiger partial charge in [0, 0.05) is 6.08 Å². The number of hydrogen-bond acceptors (Lipinski definition) is 3. The van der Waals surface area contributed by atoms with Gasteiger partial charge in [0.05, 0.1) is 6.61 Å². The number of unbranched alkanes of at least 4 members (excludes halogenated alkanes) is 1. The van der Waals surface area contributed by atoms with Gasteiger partial charge in [-0.15, -0.1) is 0 Å². The summed E-state index contributed by atoms with van der Waals surface area (Å²) in [5.74, 6) is -0.981. The van der Waals surface area contributed by atoms with E-state index in [4.69, 9.17) is 14.9 Å². The highest BCUT2D eigenvalue weighted by Crippen LogP contribution is 2.35. The molecule has 0 saturated carbocycles. The number of carboxylic acids is 1. The molecule has 0 saturated heterocycles. The lowest BCUT2D eigenvalue weighted by Crippen LogP contribution is -1.90. The van der Waals surface area contributed by atoms with Crippen molar-refractivity contribution in [3.63, 3.8) is 0 Å². The standard InChI is InChI=1S/C4H11O4P.C3H4O2/c1-2-3-4-8-9(5,6)7;1-2-3(4)5/h2-4H2,1H3,(H2,5,6,7);2H,1H2,(H,4,5). The monoisotopic (exact) mass is 226 g/mol. The molecule has 3 N–H and O–H groups in total. The van der Waals surface area contributed by atoms with Crippen molar-refractivity contribution in [2.45, 2.75) is 19.8 Å². The Bertz CT molecular complexity index is 208. The van der Waals surface area contributed by atoms with Crippen LogP contribution in [-0.4, -0.2) is 27.5 Å². The van der Waals surface area contributed by atoms with E-state index in [0.29, 0.717) is 6.42 Å². The number of phosphoric acid groups is 1. The first kappa shape index (κ1) is 15.8. The van der Waals surface area contributed by atoms with E-state index in [9.17, 15) is 9.36 Å². The van der Waals surface area contributed by atoms with E-state index in [2.05, 4.69) is 11.1 Å². The summed E-state index contributed by atoms with van der Waals surface area (Å²) < 4.78 is 14.1. The van der Waals surface area contributed by atoms with Crippen molar-refractivity contribution in [3.8, 4) is 0 Å². The molecule has 0 rings (SSSR count). The number of hydrogen-bond donors (Lipinski definition) is 3. The third kappa shape index (κ3) is 22.5. The normalized spacial score (nSPS) is 9.93. The maximum atomic E-state index is 9.98. The van der Waals surface area contributed by atoms with Gasteiger partial charge in [0.25, 0.3) is 0 Å². The van der Waals surface area contributed by atoms with E-state index in [1.165, 1.54) is 0 Å². The predicted octanol–water partition coefficient (Wildman–Crippen LogP) is 1.15. The average Bonchev–Trinajstić information content (AvgIpc) is 2.04. The molecule has 14 heavy (non-hydrogen) atoms. The fraction of sp³-hybridized carbons (Fsp3) is 0.571. The second kappa shape index (κ2) is 8.90. The minimum atomic E-state index is -4.20. The third-order valence-electron chi connectivity index (χ3n) is 0.932. The first-order chi connectivity index (χ1) is 6.33. The van der Waals surface area contributed by atoms with Crippen LogP contribution in [0.2, 0.25) is 0 Å². The minimum Gasteiger partial charge on any atom is -0.478 e. The van der Waals surface area contributed by atoms with Gasteiger partial charge in [-0.3, -0.25) is 4.52 Å². The van der Waals surface area contributed by atoms with Crippen molar-refractivity contribution >= 4 is 13.8 Å². The molecule has 0 aromatic heterocycles. The van der Waals surface area contributed by atoms with Crippen LogP contribution in [0.3, 0.4) is 0 Å². The molecule has 0 aliphatic heterocycles. The zero-order chi connectivity index (χ0) is 11.6. The lowest BCUT2D eigenvalue weighted by molar-refractivity contribution is -0.131. The molecule has 0 aromatic rings. The fourth-order valence-corrected chi connectivity index (χ4v) is 0.695. The largest absolute Gasteiger partial charge is 0.478 e. The number of rotatable bonds is 5. The quantitative estimate of drug-likeness (QED) is 0.369. The van der Waals surface area contributed by atoms with Crippen LogP contribution in [0.1, 0.15) is 19.8 Å². The molecule has 0 atom stereocenters. The highest BCUT2D eigenvalue weighted by molar-refractivity contribution is 7.46. The van der Waals surface area contributed by atoms with Crippen LogP contribution in [0.15, 0.2) is 12.7 Å². The number of carbonyl (C=O) groups is 1. The Morgan fingerprint density at radius 1 is 1.57 bits per heavy atom. The van der Waals surface area contributed by atoms with E-state index in [0.717, 1.165) is 12.5 Å². The van der Waals surface area contributed by atoms with Gasteiger partial charge >= 0.3 is 13.8 Å². The zero-order valence-corrected chi connectivity index (χ0v) is 8.81. The molecule has 0 radical (unpaired) electrons. The Hall–Kier alpha value is -0.680. The molecule has 0 bridgehead atoms. The topological polar surface area (TPSA) is 104 Å². The van der Waals surface area contributed by atoms with E-state index >= 15 is 0 Å². The van der Waals surface area contributed by atoms with Gasteiger partial charge in [-0.2, -0.15) is 0 Å². The van der Waals surface area contributed by atoms with Crippen LogP contribution < -0.4 is 0 Å². The van der Waals surface area contributed by atoms with E-state index in [1.54, 1.807) is 0 Å². The first-order valence-corrected chi connectivity index (χ1v) is 5.42. The number of phosphoric ester groups is 1. The summed E-state index contributed by atoms with van der Waals surface area (Å²) in [6.45, 7) is 5.02. The van der Waals surface area contributed by atoms with Crippen LogP contribution in [-0.2, 0) is 13.9 Å². The van der Waals surface area contributed by atoms with Crippen LogP contribution >= 0.6 is 7.82 Å². The molecule has 0 aliphatic rings. The summed E-state index contributed by atoms with van der Waals surface area (Å²) in [6, 6.07) is 0. The lowest BCUT2D eigenvalue weighted by Gasteiger charge is -2.02. The van der Waals surface area contributed by atoms with Gasteiger partial charge < -0.3 is 14.9 Å². The van der Waals surface area contributed by atoms with Gasteiger partial charge in [-0.25, -0.2) is 9.36 Å². The summed E-state index contributed by atoms with van der Waals surface area (Å²) in [7, 11) is -4.20. The molecule has 0 aliphatic carbocycles. The summed E-state index contributed by atoms with van der Waals surface area (Å²) in [4.78, 5) is 25.5. The third-order valence-corrected chi connectivity index (χ3v) is 1.45. The Balaban J connectivity index is 0. The molecule has 0 spiro atoms. The van der Waals surface area contributed by atoms with Gasteiger partial charge in [0.1, 0.15) is 0 Å². The van der Waals surface area contributed by atoms with E-state index < -0.39 is 13.8 Å². The van der Waals surface area contributed by atoms with Crippen LogP contribution in [0, 0.1) is 0 Å².